The molecule has 0 saturated heterocycles. The Balaban J connectivity index is 2.44. The molecular weight excluding hydrogens is 188 g/mol. The maximum Gasteiger partial charge on any atom is 0.167 e. The molecule has 3 nitrogen and oxygen atoms in total. The lowest BCUT2D eigenvalue weighted by atomic mass is 9.94. The highest BCUT2D eigenvalue weighted by molar-refractivity contribution is 6.07. The molecule has 3 rings (SSSR count). The third kappa shape index (κ3) is 1.16. The molecule has 1 aromatic heterocycles. The van der Waals surface area contributed by atoms with Gasteiger partial charge in [-0.25, -0.2) is 9.97 Å². The van der Waals surface area contributed by atoms with Gasteiger partial charge in [0.2, 0.25) is 0 Å². The number of carbonyl (C=O) groups excluding carboxylic acids is 1. The smallest absolute Gasteiger partial charge is 0.167 e. The van der Waals surface area contributed by atoms with E-state index in [-0.39, 0.29) is 5.78 Å². The number of Topliss-reactive ketones (excluding diaryl/α,β-unsaturated/α-hetero) is 1. The summed E-state index contributed by atoms with van der Waals surface area (Å²) in [5, 5.41) is 0.968. The number of fused-ring (bicyclic) bond motifs is 3. The number of aromatic nitrogens is 2. The zero-order chi connectivity index (χ0) is 10.3. The lowest BCUT2D eigenvalue weighted by Crippen LogP contribution is -2.05. The second-order valence-electron chi connectivity index (χ2n) is 3.52. The number of benzene rings is 1. The monoisotopic (exact) mass is 196 g/mol. The first-order valence-electron chi connectivity index (χ1n) is 4.79. The van der Waals surface area contributed by atoms with Gasteiger partial charge in [-0.15, -0.1) is 0 Å². The summed E-state index contributed by atoms with van der Waals surface area (Å²) in [7, 11) is 0. The highest BCUT2D eigenvalue weighted by atomic mass is 16.1. The Hall–Kier alpha value is -2.03. The topological polar surface area (TPSA) is 42.9 Å². The molecule has 1 heterocycles. The van der Waals surface area contributed by atoms with Crippen LogP contribution in [0.15, 0.2) is 30.7 Å². The van der Waals surface area contributed by atoms with Crippen molar-refractivity contribution in [1.29, 1.82) is 0 Å². The maximum absolute atomic E-state index is 11.6. The van der Waals surface area contributed by atoms with Gasteiger partial charge in [0.05, 0.1) is 5.52 Å². The Morgan fingerprint density at radius 2 is 2.20 bits per heavy atom. The zero-order valence-corrected chi connectivity index (χ0v) is 7.97. The Morgan fingerprint density at radius 1 is 1.27 bits per heavy atom. The van der Waals surface area contributed by atoms with Crippen molar-refractivity contribution >= 4 is 22.8 Å². The van der Waals surface area contributed by atoms with E-state index in [9.17, 15) is 4.79 Å². The number of carbonyl (C=O) groups is 1. The van der Waals surface area contributed by atoms with E-state index in [1.165, 1.54) is 6.33 Å². The normalized spacial score (nSPS) is 14.3. The fourth-order valence-electron chi connectivity index (χ4n) is 1.88. The quantitative estimate of drug-likeness (QED) is 0.648. The number of nitrogens with zero attached hydrogens (tertiary/aromatic N) is 2. The third-order valence-electron chi connectivity index (χ3n) is 2.60. The zero-order valence-electron chi connectivity index (χ0n) is 7.97. The SMILES string of the molecule is O=C1CC=Cc2c1ccc1cncnc21. The lowest BCUT2D eigenvalue weighted by molar-refractivity contribution is 0.0994. The van der Waals surface area contributed by atoms with E-state index in [4.69, 9.17) is 0 Å². The minimum absolute atomic E-state index is 0.160. The van der Waals surface area contributed by atoms with Crippen LogP contribution in [-0.2, 0) is 0 Å². The van der Waals surface area contributed by atoms with Crippen LogP contribution in [0.3, 0.4) is 0 Å². The summed E-state index contributed by atoms with van der Waals surface area (Å²) in [5.74, 6) is 0.160. The van der Waals surface area contributed by atoms with Crippen LogP contribution in [0, 0.1) is 0 Å². The van der Waals surface area contributed by atoms with Crippen LogP contribution in [-0.4, -0.2) is 15.8 Å². The molecule has 0 N–H and O–H groups in total. The second-order valence-corrected chi connectivity index (χ2v) is 3.52. The van der Waals surface area contributed by atoms with Crippen molar-refractivity contribution in [3.05, 3.63) is 41.9 Å². The molecule has 0 atom stereocenters. The van der Waals surface area contributed by atoms with Crippen LogP contribution in [0.1, 0.15) is 22.3 Å². The van der Waals surface area contributed by atoms with Gasteiger partial charge in [0.1, 0.15) is 6.33 Å². The molecule has 1 aliphatic carbocycles. The number of hydrogen-bond donors (Lipinski definition) is 0. The van der Waals surface area contributed by atoms with Gasteiger partial charge in [0.15, 0.2) is 5.78 Å². The largest absolute Gasteiger partial charge is 0.294 e. The molecule has 0 fully saturated rings. The average Bonchev–Trinajstić information content (AvgIpc) is 2.29. The molecule has 0 saturated carbocycles. The van der Waals surface area contributed by atoms with Crippen molar-refractivity contribution in [1.82, 2.24) is 9.97 Å². The summed E-state index contributed by atoms with van der Waals surface area (Å²) in [4.78, 5) is 19.8. The van der Waals surface area contributed by atoms with Gasteiger partial charge < -0.3 is 0 Å². The Morgan fingerprint density at radius 3 is 3.13 bits per heavy atom. The van der Waals surface area contributed by atoms with Crippen LogP contribution in [0.5, 0.6) is 0 Å². The summed E-state index contributed by atoms with van der Waals surface area (Å²) in [5.41, 5.74) is 2.54. The Bertz CT molecular complexity index is 587. The molecule has 0 bridgehead atoms. The van der Waals surface area contributed by atoms with Crippen LogP contribution >= 0.6 is 0 Å². The molecule has 0 aliphatic heterocycles. The first kappa shape index (κ1) is 8.29. The van der Waals surface area contributed by atoms with Crippen molar-refractivity contribution < 1.29 is 4.79 Å². The van der Waals surface area contributed by atoms with Gasteiger partial charge in [-0.3, -0.25) is 4.79 Å². The summed E-state index contributed by atoms with van der Waals surface area (Å²) in [6.45, 7) is 0. The van der Waals surface area contributed by atoms with Gasteiger partial charge in [0.25, 0.3) is 0 Å². The van der Waals surface area contributed by atoms with E-state index in [0.29, 0.717) is 6.42 Å². The van der Waals surface area contributed by atoms with Crippen LogP contribution in [0.2, 0.25) is 0 Å². The van der Waals surface area contributed by atoms with E-state index in [2.05, 4.69) is 9.97 Å². The van der Waals surface area contributed by atoms with E-state index in [0.717, 1.165) is 22.0 Å². The average molecular weight is 196 g/mol. The van der Waals surface area contributed by atoms with Gasteiger partial charge >= 0.3 is 0 Å². The Kier molecular flexibility index (Phi) is 1.65. The standard InChI is InChI=1S/C12H8N2O/c15-11-3-1-2-10-9(11)5-4-8-6-13-7-14-12(8)10/h1-2,4-7H,3H2. The van der Waals surface area contributed by atoms with Gasteiger partial charge in [0, 0.05) is 29.1 Å². The molecule has 0 radical (unpaired) electrons. The number of rotatable bonds is 0. The fraction of sp³-hybridized carbons (Fsp3) is 0.0833. The van der Waals surface area contributed by atoms with Crippen molar-refractivity contribution in [2.45, 2.75) is 6.42 Å². The molecular formula is C12H8N2O. The third-order valence-corrected chi connectivity index (χ3v) is 2.60. The molecule has 2 aromatic rings. The van der Waals surface area contributed by atoms with Crippen LogP contribution in [0.4, 0.5) is 0 Å². The minimum atomic E-state index is 0.160. The van der Waals surface area contributed by atoms with E-state index in [1.807, 2.05) is 24.3 Å². The predicted octanol–water partition coefficient (Wildman–Crippen LogP) is 2.23. The first-order chi connectivity index (χ1) is 7.36. The van der Waals surface area contributed by atoms with E-state index in [1.54, 1.807) is 6.20 Å². The van der Waals surface area contributed by atoms with Gasteiger partial charge in [-0.1, -0.05) is 18.2 Å². The molecule has 0 spiro atoms. The van der Waals surface area contributed by atoms with Crippen LogP contribution in [0.25, 0.3) is 17.0 Å². The maximum atomic E-state index is 11.6. The number of allylic oxidation sites excluding steroid dienone is 1. The molecule has 3 heteroatoms. The molecule has 0 amide bonds. The van der Waals surface area contributed by atoms with Gasteiger partial charge in [-0.2, -0.15) is 0 Å². The molecule has 0 unspecified atom stereocenters. The second kappa shape index (κ2) is 2.98. The molecule has 1 aliphatic rings. The van der Waals surface area contributed by atoms with E-state index >= 15 is 0 Å². The molecule has 1 aromatic carbocycles. The predicted molar refractivity (Wildman–Crippen MR) is 57.5 cm³/mol. The molecule has 72 valence electrons. The fourth-order valence-corrected chi connectivity index (χ4v) is 1.88. The van der Waals surface area contributed by atoms with Crippen molar-refractivity contribution in [2.75, 3.05) is 0 Å². The number of ketones is 1. The first-order valence-corrected chi connectivity index (χ1v) is 4.79. The Labute approximate surface area is 86.5 Å². The number of hydrogen-bond acceptors (Lipinski definition) is 3. The highest BCUT2D eigenvalue weighted by Gasteiger charge is 2.15. The van der Waals surface area contributed by atoms with Crippen LogP contribution < -0.4 is 0 Å². The highest BCUT2D eigenvalue weighted by Crippen LogP contribution is 2.25. The van der Waals surface area contributed by atoms with Crippen molar-refractivity contribution in [3.63, 3.8) is 0 Å². The van der Waals surface area contributed by atoms with E-state index < -0.39 is 0 Å². The summed E-state index contributed by atoms with van der Waals surface area (Å²) in [6.07, 6.45) is 7.60. The van der Waals surface area contributed by atoms with Crippen molar-refractivity contribution in [2.24, 2.45) is 0 Å². The summed E-state index contributed by atoms with van der Waals surface area (Å²) in [6, 6.07) is 3.75. The summed E-state index contributed by atoms with van der Waals surface area (Å²) < 4.78 is 0. The van der Waals surface area contributed by atoms with Crippen molar-refractivity contribution in [3.8, 4) is 0 Å². The lowest BCUT2D eigenvalue weighted by Gasteiger charge is -2.10. The molecule has 15 heavy (non-hydrogen) atoms. The van der Waals surface area contributed by atoms with Gasteiger partial charge in [-0.05, 0) is 6.07 Å². The minimum Gasteiger partial charge on any atom is -0.294 e. The summed E-state index contributed by atoms with van der Waals surface area (Å²) >= 11 is 0.